The van der Waals surface area contributed by atoms with Crippen LogP contribution in [-0.4, -0.2) is 5.16 Å². The summed E-state index contributed by atoms with van der Waals surface area (Å²) in [4.78, 5) is 11.1. The summed E-state index contributed by atoms with van der Waals surface area (Å²) in [7, 11) is 0. The van der Waals surface area contributed by atoms with E-state index < -0.39 is 0 Å². The van der Waals surface area contributed by atoms with Gasteiger partial charge < -0.3 is 4.52 Å². The molecule has 0 saturated heterocycles. The molecule has 0 aliphatic heterocycles. The van der Waals surface area contributed by atoms with E-state index in [0.29, 0.717) is 17.0 Å². The van der Waals surface area contributed by atoms with Crippen LogP contribution in [0.5, 0.6) is 0 Å². The molecule has 0 aromatic carbocycles. The van der Waals surface area contributed by atoms with E-state index >= 15 is 0 Å². The molecule has 0 saturated carbocycles. The van der Waals surface area contributed by atoms with E-state index in [0.717, 1.165) is 0 Å². The number of aryl methyl sites for hydroxylation is 2. The largest absolute Gasteiger partial charge is 0.361 e. The highest BCUT2D eigenvalue weighted by atomic mass is 16.5. The zero-order valence-electron chi connectivity index (χ0n) is 6.26. The molecule has 54 valence electrons. The van der Waals surface area contributed by atoms with Gasteiger partial charge in [0.1, 0.15) is 11.5 Å². The highest BCUT2D eigenvalue weighted by Gasteiger charge is 2.02. The molecule has 1 aromatic heterocycles. The summed E-state index contributed by atoms with van der Waals surface area (Å²) >= 11 is 0. The Bertz CT molecular complexity index is 301. The van der Waals surface area contributed by atoms with E-state index in [9.17, 15) is 4.79 Å². The number of nitrogens with zero attached hydrogens (tertiary/aromatic N) is 1. The lowest BCUT2D eigenvalue weighted by Gasteiger charge is -1.94. The van der Waals surface area contributed by atoms with Crippen LogP contribution in [0.4, 0.5) is 0 Å². The molecule has 0 radical (unpaired) electrons. The standard InChI is InChI=1S/C7H9NO2/c1-4-6(3)10-8-5(2)7(4)9/h1-3H3. The van der Waals surface area contributed by atoms with Gasteiger partial charge in [-0.1, -0.05) is 5.16 Å². The average molecular weight is 139 g/mol. The van der Waals surface area contributed by atoms with E-state index in [-0.39, 0.29) is 5.43 Å². The summed E-state index contributed by atoms with van der Waals surface area (Å²) in [5.41, 5.74) is 1.04. The fraction of sp³-hybridized carbons (Fsp3) is 0.429. The zero-order valence-corrected chi connectivity index (χ0v) is 6.26. The SMILES string of the molecule is Cc1onc(C)c(=O)c1C. The third-order valence-corrected chi connectivity index (χ3v) is 1.52. The molecule has 1 heterocycles. The molecule has 1 aromatic rings. The quantitative estimate of drug-likeness (QED) is 0.537. The fourth-order valence-electron chi connectivity index (χ4n) is 0.678. The van der Waals surface area contributed by atoms with Crippen LogP contribution in [0.15, 0.2) is 9.32 Å². The first kappa shape index (κ1) is 6.99. The van der Waals surface area contributed by atoms with Gasteiger partial charge in [-0.25, -0.2) is 0 Å². The first-order valence-electron chi connectivity index (χ1n) is 3.06. The summed E-state index contributed by atoms with van der Waals surface area (Å²) < 4.78 is 4.82. The lowest BCUT2D eigenvalue weighted by Crippen LogP contribution is -2.11. The molecule has 1 rings (SSSR count). The van der Waals surface area contributed by atoms with Crippen molar-refractivity contribution in [2.75, 3.05) is 0 Å². The predicted molar refractivity (Wildman–Crippen MR) is 37.0 cm³/mol. The molecule has 0 atom stereocenters. The van der Waals surface area contributed by atoms with Crippen molar-refractivity contribution in [1.82, 2.24) is 5.16 Å². The van der Waals surface area contributed by atoms with Crippen molar-refractivity contribution >= 4 is 0 Å². The molecule has 3 heteroatoms. The molecule has 0 unspecified atom stereocenters. The molecular weight excluding hydrogens is 130 g/mol. The van der Waals surface area contributed by atoms with Crippen molar-refractivity contribution < 1.29 is 4.52 Å². The van der Waals surface area contributed by atoms with Crippen LogP contribution in [0, 0.1) is 20.8 Å². The van der Waals surface area contributed by atoms with E-state index in [1.54, 1.807) is 20.8 Å². The fourth-order valence-corrected chi connectivity index (χ4v) is 0.678. The summed E-state index contributed by atoms with van der Waals surface area (Å²) in [5, 5.41) is 3.55. The van der Waals surface area contributed by atoms with Gasteiger partial charge in [-0.2, -0.15) is 0 Å². The Kier molecular flexibility index (Phi) is 1.57. The molecule has 0 aliphatic carbocycles. The molecule has 0 amide bonds. The lowest BCUT2D eigenvalue weighted by molar-refractivity contribution is 0.363. The second kappa shape index (κ2) is 2.25. The summed E-state index contributed by atoms with van der Waals surface area (Å²) in [6, 6.07) is 0. The molecule has 0 N–H and O–H groups in total. The monoisotopic (exact) mass is 139 g/mol. The van der Waals surface area contributed by atoms with Gasteiger partial charge in [-0.05, 0) is 20.8 Å². The first-order valence-corrected chi connectivity index (χ1v) is 3.06. The Morgan fingerprint density at radius 2 is 1.90 bits per heavy atom. The van der Waals surface area contributed by atoms with Crippen LogP contribution >= 0.6 is 0 Å². The van der Waals surface area contributed by atoms with E-state index in [1.165, 1.54) is 0 Å². The van der Waals surface area contributed by atoms with Gasteiger partial charge in [-0.15, -0.1) is 0 Å². The normalized spacial score (nSPS) is 9.90. The van der Waals surface area contributed by atoms with Gasteiger partial charge in [0, 0.05) is 5.56 Å². The highest BCUT2D eigenvalue weighted by molar-refractivity contribution is 5.15. The minimum Gasteiger partial charge on any atom is -0.361 e. The molecule has 0 bridgehead atoms. The Labute approximate surface area is 58.7 Å². The highest BCUT2D eigenvalue weighted by Crippen LogP contribution is 1.97. The van der Waals surface area contributed by atoms with Crippen molar-refractivity contribution in [3.63, 3.8) is 0 Å². The summed E-state index contributed by atoms with van der Waals surface area (Å²) in [5.74, 6) is 0.593. The molecule has 0 spiro atoms. The second-order valence-corrected chi connectivity index (χ2v) is 2.28. The molecule has 0 fully saturated rings. The Balaban J connectivity index is 3.50. The van der Waals surface area contributed by atoms with E-state index in [2.05, 4.69) is 5.16 Å². The van der Waals surface area contributed by atoms with Crippen LogP contribution in [0.3, 0.4) is 0 Å². The molecule has 10 heavy (non-hydrogen) atoms. The molecule has 3 nitrogen and oxygen atoms in total. The van der Waals surface area contributed by atoms with Gasteiger partial charge >= 0.3 is 0 Å². The van der Waals surface area contributed by atoms with Gasteiger partial charge in [0.25, 0.3) is 0 Å². The lowest BCUT2D eigenvalue weighted by atomic mass is 10.2. The van der Waals surface area contributed by atoms with Gasteiger partial charge in [0.2, 0.25) is 5.43 Å². The third kappa shape index (κ3) is 0.943. The van der Waals surface area contributed by atoms with Crippen molar-refractivity contribution in [1.29, 1.82) is 0 Å². The van der Waals surface area contributed by atoms with Crippen molar-refractivity contribution in [3.05, 3.63) is 27.2 Å². The maximum atomic E-state index is 11.1. The zero-order chi connectivity index (χ0) is 7.72. The average Bonchev–Trinajstić information content (AvgIpc) is 1.93. The van der Waals surface area contributed by atoms with Gasteiger partial charge in [-0.3, -0.25) is 4.79 Å². The topological polar surface area (TPSA) is 43.1 Å². The molecular formula is C7H9NO2. The van der Waals surface area contributed by atoms with E-state index in [1.807, 2.05) is 0 Å². The maximum absolute atomic E-state index is 11.1. The van der Waals surface area contributed by atoms with Crippen LogP contribution in [0.2, 0.25) is 0 Å². The number of hydrogen-bond donors (Lipinski definition) is 0. The second-order valence-electron chi connectivity index (χ2n) is 2.28. The Morgan fingerprint density at radius 3 is 2.40 bits per heavy atom. The smallest absolute Gasteiger partial charge is 0.209 e. The number of aromatic nitrogens is 1. The van der Waals surface area contributed by atoms with Crippen LogP contribution in [0.25, 0.3) is 0 Å². The minimum atomic E-state index is -0.0243. The van der Waals surface area contributed by atoms with Crippen LogP contribution in [0.1, 0.15) is 17.0 Å². The van der Waals surface area contributed by atoms with E-state index in [4.69, 9.17) is 4.52 Å². The third-order valence-electron chi connectivity index (χ3n) is 1.52. The van der Waals surface area contributed by atoms with Gasteiger partial charge in [0.05, 0.1) is 0 Å². The predicted octanol–water partition coefficient (Wildman–Crippen LogP) is 0.960. The number of hydrogen-bond acceptors (Lipinski definition) is 3. The van der Waals surface area contributed by atoms with Crippen molar-refractivity contribution in [2.45, 2.75) is 20.8 Å². The maximum Gasteiger partial charge on any atom is 0.209 e. The Hall–Kier alpha value is -1.12. The van der Waals surface area contributed by atoms with Crippen molar-refractivity contribution in [3.8, 4) is 0 Å². The Morgan fingerprint density at radius 1 is 1.30 bits per heavy atom. The van der Waals surface area contributed by atoms with Crippen LogP contribution in [-0.2, 0) is 0 Å². The first-order chi connectivity index (χ1) is 4.63. The summed E-state index contributed by atoms with van der Waals surface area (Å²) in [6.07, 6.45) is 0. The van der Waals surface area contributed by atoms with Crippen LogP contribution < -0.4 is 5.43 Å². The van der Waals surface area contributed by atoms with Crippen molar-refractivity contribution in [2.24, 2.45) is 0 Å². The summed E-state index contributed by atoms with van der Waals surface area (Å²) in [6.45, 7) is 5.09. The minimum absolute atomic E-state index is 0.0243. The van der Waals surface area contributed by atoms with Gasteiger partial charge in [0.15, 0.2) is 0 Å². The molecule has 0 aliphatic rings. The number of rotatable bonds is 0.